The van der Waals surface area contributed by atoms with Gasteiger partial charge in [0.2, 0.25) is 5.91 Å². The molecule has 70 valence electrons. The molecule has 1 atom stereocenters. The molecule has 1 aliphatic rings. The van der Waals surface area contributed by atoms with Gasteiger partial charge in [-0.25, -0.2) is 0 Å². The molecule has 2 heterocycles. The van der Waals surface area contributed by atoms with Crippen molar-refractivity contribution in [1.82, 2.24) is 10.2 Å². The van der Waals surface area contributed by atoms with E-state index in [9.17, 15) is 4.79 Å². The van der Waals surface area contributed by atoms with Crippen LogP contribution in [-0.2, 0) is 4.79 Å². The zero-order chi connectivity index (χ0) is 9.26. The molecule has 4 nitrogen and oxygen atoms in total. The lowest BCUT2D eigenvalue weighted by molar-refractivity contribution is -0.117. The molecule has 1 unspecified atom stereocenters. The largest absolute Gasteiger partial charge is 0.309 e. The molecule has 1 amide bonds. The van der Waals surface area contributed by atoms with E-state index in [0.717, 1.165) is 18.0 Å². The fourth-order valence-electron chi connectivity index (χ4n) is 1.55. The molecule has 1 N–H and O–H groups in total. The maximum atomic E-state index is 11.5. The van der Waals surface area contributed by atoms with Crippen LogP contribution in [0.25, 0.3) is 0 Å². The second-order valence-corrected chi connectivity index (χ2v) is 3.58. The Hall–Kier alpha value is -0.970. The molecule has 1 aromatic heterocycles. The van der Waals surface area contributed by atoms with Crippen molar-refractivity contribution in [3.05, 3.63) is 12.4 Å². The number of aromatic amines is 1. The number of hydrogen-bond donors (Lipinski definition) is 2. The second kappa shape index (κ2) is 3.41. The number of aromatic nitrogens is 2. The van der Waals surface area contributed by atoms with E-state index in [1.54, 1.807) is 17.3 Å². The topological polar surface area (TPSA) is 49.0 Å². The minimum absolute atomic E-state index is 0.167. The van der Waals surface area contributed by atoms with Crippen molar-refractivity contribution >= 4 is 24.2 Å². The molecule has 1 fully saturated rings. The van der Waals surface area contributed by atoms with Gasteiger partial charge in [0.1, 0.15) is 0 Å². The summed E-state index contributed by atoms with van der Waals surface area (Å²) in [7, 11) is 0. The summed E-state index contributed by atoms with van der Waals surface area (Å²) in [6.45, 7) is 0.766. The highest BCUT2D eigenvalue weighted by Crippen LogP contribution is 2.24. The minimum atomic E-state index is 0.167. The summed E-state index contributed by atoms with van der Waals surface area (Å²) in [5.74, 6) is 1.31. The van der Waals surface area contributed by atoms with Crippen LogP contribution in [0, 0.1) is 5.92 Å². The zero-order valence-electron chi connectivity index (χ0n) is 7.10. The molecule has 0 spiro atoms. The van der Waals surface area contributed by atoms with Crippen LogP contribution in [0.3, 0.4) is 0 Å². The van der Waals surface area contributed by atoms with E-state index < -0.39 is 0 Å². The van der Waals surface area contributed by atoms with Crippen LogP contribution in [0.1, 0.15) is 6.42 Å². The summed E-state index contributed by atoms with van der Waals surface area (Å²) in [4.78, 5) is 13.2. The lowest BCUT2D eigenvalue weighted by atomic mass is 10.1. The Morgan fingerprint density at radius 3 is 3.15 bits per heavy atom. The number of carbonyl (C=O) groups is 1. The van der Waals surface area contributed by atoms with Crippen LogP contribution in [0.2, 0.25) is 0 Å². The van der Waals surface area contributed by atoms with Gasteiger partial charge in [0, 0.05) is 19.2 Å². The third kappa shape index (κ3) is 1.56. The Kier molecular flexibility index (Phi) is 2.26. The van der Waals surface area contributed by atoms with Crippen molar-refractivity contribution in [2.75, 3.05) is 17.2 Å². The molecular formula is C8H11N3OS. The van der Waals surface area contributed by atoms with Crippen molar-refractivity contribution in [3.8, 4) is 0 Å². The van der Waals surface area contributed by atoms with Gasteiger partial charge in [0.25, 0.3) is 0 Å². The average molecular weight is 197 g/mol. The summed E-state index contributed by atoms with van der Waals surface area (Å²) in [6.07, 6.45) is 4.01. The van der Waals surface area contributed by atoms with Crippen LogP contribution in [-0.4, -0.2) is 28.4 Å². The third-order valence-corrected chi connectivity index (χ3v) is 2.78. The molecule has 0 bridgehead atoms. The molecule has 1 aliphatic heterocycles. The summed E-state index contributed by atoms with van der Waals surface area (Å²) in [5, 5.41) is 6.51. The van der Waals surface area contributed by atoms with Gasteiger partial charge >= 0.3 is 0 Å². The van der Waals surface area contributed by atoms with Gasteiger partial charge in [-0.2, -0.15) is 17.7 Å². The number of nitrogens with one attached hydrogen (secondary N) is 1. The van der Waals surface area contributed by atoms with Crippen LogP contribution >= 0.6 is 12.6 Å². The van der Waals surface area contributed by atoms with Gasteiger partial charge in [0.15, 0.2) is 0 Å². The summed E-state index contributed by atoms with van der Waals surface area (Å²) < 4.78 is 0. The molecule has 2 rings (SSSR count). The summed E-state index contributed by atoms with van der Waals surface area (Å²) in [6, 6.07) is 0. The Morgan fingerprint density at radius 2 is 2.62 bits per heavy atom. The molecule has 0 aromatic carbocycles. The number of nitrogens with zero attached hydrogens (tertiary/aromatic N) is 2. The Balaban J connectivity index is 2.14. The lowest BCUT2D eigenvalue weighted by Gasteiger charge is -2.12. The number of carbonyl (C=O) groups excluding carboxylic acids is 1. The SMILES string of the molecule is O=C1CC(CS)CN1c1cn[nH]c1. The molecular weight excluding hydrogens is 186 g/mol. The van der Waals surface area contributed by atoms with Crippen molar-refractivity contribution in [1.29, 1.82) is 0 Å². The molecule has 5 heteroatoms. The number of anilines is 1. The minimum Gasteiger partial charge on any atom is -0.309 e. The van der Waals surface area contributed by atoms with Crippen LogP contribution in [0.5, 0.6) is 0 Å². The Labute approximate surface area is 81.7 Å². The second-order valence-electron chi connectivity index (χ2n) is 3.21. The molecule has 0 saturated carbocycles. The van der Waals surface area contributed by atoms with E-state index in [2.05, 4.69) is 22.8 Å². The lowest BCUT2D eigenvalue weighted by Crippen LogP contribution is -2.24. The smallest absolute Gasteiger partial charge is 0.227 e. The molecule has 1 aromatic rings. The van der Waals surface area contributed by atoms with Crippen molar-refractivity contribution in [2.24, 2.45) is 5.92 Å². The fraction of sp³-hybridized carbons (Fsp3) is 0.500. The molecule has 13 heavy (non-hydrogen) atoms. The predicted octanol–water partition coefficient (Wildman–Crippen LogP) is 0.692. The Bertz CT molecular complexity index is 298. The maximum Gasteiger partial charge on any atom is 0.227 e. The van der Waals surface area contributed by atoms with Crippen molar-refractivity contribution < 1.29 is 4.79 Å². The van der Waals surface area contributed by atoms with Gasteiger partial charge in [-0.05, 0) is 11.7 Å². The Morgan fingerprint density at radius 1 is 1.77 bits per heavy atom. The van der Waals surface area contributed by atoms with E-state index in [-0.39, 0.29) is 5.91 Å². The van der Waals surface area contributed by atoms with Gasteiger partial charge in [0.05, 0.1) is 11.9 Å². The standard InChI is InChI=1S/C8H11N3OS/c12-8-1-6(5-13)4-11(8)7-2-9-10-3-7/h2-3,6,13H,1,4-5H2,(H,9,10). The van der Waals surface area contributed by atoms with E-state index in [1.165, 1.54) is 0 Å². The van der Waals surface area contributed by atoms with E-state index in [1.807, 2.05) is 0 Å². The highest BCUT2D eigenvalue weighted by molar-refractivity contribution is 7.80. The van der Waals surface area contributed by atoms with E-state index >= 15 is 0 Å². The van der Waals surface area contributed by atoms with Crippen molar-refractivity contribution in [2.45, 2.75) is 6.42 Å². The number of rotatable bonds is 2. The quantitative estimate of drug-likeness (QED) is 0.685. The number of H-pyrrole nitrogens is 1. The predicted molar refractivity (Wildman–Crippen MR) is 52.9 cm³/mol. The van der Waals surface area contributed by atoms with E-state index in [0.29, 0.717) is 12.3 Å². The molecule has 1 saturated heterocycles. The van der Waals surface area contributed by atoms with Crippen molar-refractivity contribution in [3.63, 3.8) is 0 Å². The summed E-state index contributed by atoms with van der Waals surface area (Å²) in [5.41, 5.74) is 0.856. The maximum absolute atomic E-state index is 11.5. The highest BCUT2D eigenvalue weighted by Gasteiger charge is 2.29. The first-order chi connectivity index (χ1) is 6.31. The first-order valence-electron chi connectivity index (χ1n) is 4.21. The van der Waals surface area contributed by atoms with Gasteiger partial charge < -0.3 is 4.90 Å². The van der Waals surface area contributed by atoms with E-state index in [4.69, 9.17) is 0 Å². The van der Waals surface area contributed by atoms with Gasteiger partial charge in [-0.1, -0.05) is 0 Å². The first kappa shape index (κ1) is 8.62. The molecule has 0 aliphatic carbocycles. The number of hydrogen-bond acceptors (Lipinski definition) is 3. The third-order valence-electron chi connectivity index (χ3n) is 2.26. The molecule has 0 radical (unpaired) electrons. The normalized spacial score (nSPS) is 22.7. The van der Waals surface area contributed by atoms with Gasteiger partial charge in [-0.3, -0.25) is 9.89 Å². The first-order valence-corrected chi connectivity index (χ1v) is 4.84. The van der Waals surface area contributed by atoms with Gasteiger partial charge in [-0.15, -0.1) is 0 Å². The zero-order valence-corrected chi connectivity index (χ0v) is 8.00. The fourth-order valence-corrected chi connectivity index (χ4v) is 1.79. The average Bonchev–Trinajstić information content (AvgIpc) is 2.72. The summed E-state index contributed by atoms with van der Waals surface area (Å²) >= 11 is 4.19. The number of thiol groups is 1. The van der Waals surface area contributed by atoms with Crippen LogP contribution in [0.4, 0.5) is 5.69 Å². The monoisotopic (exact) mass is 197 g/mol. The number of amides is 1. The van der Waals surface area contributed by atoms with Crippen LogP contribution in [0.15, 0.2) is 12.4 Å². The highest BCUT2D eigenvalue weighted by atomic mass is 32.1. The van der Waals surface area contributed by atoms with Crippen LogP contribution < -0.4 is 4.90 Å².